The van der Waals surface area contributed by atoms with Crippen LogP contribution >= 0.6 is 0 Å². The number of nitrogens with two attached hydrogens (primary N) is 1. The monoisotopic (exact) mass is 548 g/mol. The highest BCUT2D eigenvalue weighted by Crippen LogP contribution is 2.33. The Hall–Kier alpha value is -3.30. The second kappa shape index (κ2) is 14.7. The zero-order chi connectivity index (χ0) is 30.0. The van der Waals surface area contributed by atoms with Gasteiger partial charge in [-0.15, -0.1) is 0 Å². The molecule has 10 heteroatoms. The number of hydrogen-bond acceptors (Lipinski definition) is 6. The molecular formula is C29H48N4O6. The van der Waals surface area contributed by atoms with E-state index in [1.165, 1.54) is 4.90 Å². The molecule has 39 heavy (non-hydrogen) atoms. The van der Waals surface area contributed by atoms with Gasteiger partial charge < -0.3 is 31.1 Å². The topological polar surface area (TPSA) is 151 Å². The molecule has 220 valence electrons. The van der Waals surface area contributed by atoms with Crippen molar-refractivity contribution in [1.82, 2.24) is 15.5 Å². The molecule has 0 spiro atoms. The van der Waals surface area contributed by atoms with Gasteiger partial charge in [0.05, 0.1) is 0 Å². The quantitative estimate of drug-likeness (QED) is 0.271. The lowest BCUT2D eigenvalue weighted by molar-refractivity contribution is -0.143. The van der Waals surface area contributed by atoms with Crippen LogP contribution in [0.2, 0.25) is 0 Å². The fourth-order valence-corrected chi connectivity index (χ4v) is 4.06. The molecule has 0 saturated heterocycles. The van der Waals surface area contributed by atoms with E-state index in [9.17, 15) is 24.3 Å². The number of phenols is 1. The standard InChI is InChI=1S/C29H48N4O6/c1-9-10-11-12-18-33(26(37)21(16-17-22(30)34)31-27(38)39-29(6,7)8)23(25(36)32-28(3,4)5)20-15-13-14-19(2)24(20)35/h13-15,21,23,35H,9-12,16-18H2,1-8H3,(H2,30,34)(H,31,38)(H,32,36). The highest BCUT2D eigenvalue weighted by atomic mass is 16.6. The van der Waals surface area contributed by atoms with Crippen LogP contribution in [0.25, 0.3) is 0 Å². The zero-order valence-corrected chi connectivity index (χ0v) is 24.8. The first-order valence-corrected chi connectivity index (χ1v) is 13.7. The average molecular weight is 549 g/mol. The summed E-state index contributed by atoms with van der Waals surface area (Å²) in [5.74, 6) is -1.77. The van der Waals surface area contributed by atoms with Gasteiger partial charge in [-0.2, -0.15) is 0 Å². The van der Waals surface area contributed by atoms with Gasteiger partial charge in [0.2, 0.25) is 17.7 Å². The lowest BCUT2D eigenvalue weighted by Gasteiger charge is -2.36. The SMILES string of the molecule is CCCCCCN(C(=O)C(CCC(N)=O)NC(=O)OC(C)(C)C)C(C(=O)NC(C)(C)C)c1cccc(C)c1O. The van der Waals surface area contributed by atoms with Gasteiger partial charge in [-0.1, -0.05) is 44.4 Å². The van der Waals surface area contributed by atoms with Crippen LogP contribution in [-0.4, -0.2) is 57.5 Å². The van der Waals surface area contributed by atoms with Crippen LogP contribution in [0.1, 0.15) is 104 Å². The van der Waals surface area contributed by atoms with Crippen molar-refractivity contribution in [3.63, 3.8) is 0 Å². The number of para-hydroxylation sites is 1. The van der Waals surface area contributed by atoms with Crippen LogP contribution in [0.5, 0.6) is 5.75 Å². The summed E-state index contributed by atoms with van der Waals surface area (Å²) in [7, 11) is 0. The normalized spacial score (nSPS) is 13.2. The maximum absolute atomic E-state index is 14.1. The van der Waals surface area contributed by atoms with E-state index >= 15 is 0 Å². The van der Waals surface area contributed by atoms with Crippen LogP contribution in [0.4, 0.5) is 4.79 Å². The Morgan fingerprint density at radius 1 is 1.05 bits per heavy atom. The van der Waals surface area contributed by atoms with Crippen molar-refractivity contribution in [2.24, 2.45) is 5.73 Å². The Balaban J connectivity index is 3.62. The van der Waals surface area contributed by atoms with E-state index in [0.29, 0.717) is 12.0 Å². The third kappa shape index (κ3) is 12.0. The van der Waals surface area contributed by atoms with E-state index in [2.05, 4.69) is 17.6 Å². The van der Waals surface area contributed by atoms with E-state index in [4.69, 9.17) is 10.5 Å². The van der Waals surface area contributed by atoms with Gasteiger partial charge in [-0.25, -0.2) is 4.79 Å². The lowest BCUT2D eigenvalue weighted by Crippen LogP contribution is -2.55. The number of phenolic OH excluding ortho intramolecular Hbond substituents is 1. The molecule has 1 rings (SSSR count). The highest BCUT2D eigenvalue weighted by molar-refractivity contribution is 5.93. The number of primary amides is 1. The van der Waals surface area contributed by atoms with Crippen molar-refractivity contribution in [3.05, 3.63) is 29.3 Å². The number of aromatic hydroxyl groups is 1. The fraction of sp³-hybridized carbons (Fsp3) is 0.655. The summed E-state index contributed by atoms with van der Waals surface area (Å²) in [5, 5.41) is 16.5. The molecule has 0 aliphatic rings. The number of nitrogens with one attached hydrogen (secondary N) is 2. The Bertz CT molecular complexity index is 996. The molecule has 2 unspecified atom stereocenters. The van der Waals surface area contributed by atoms with Gasteiger partial charge in [-0.3, -0.25) is 14.4 Å². The third-order valence-electron chi connectivity index (χ3n) is 5.83. The smallest absolute Gasteiger partial charge is 0.408 e. The summed E-state index contributed by atoms with van der Waals surface area (Å²) in [4.78, 5) is 53.6. The predicted octanol–water partition coefficient (Wildman–Crippen LogP) is 4.22. The maximum Gasteiger partial charge on any atom is 0.408 e. The molecule has 0 saturated carbocycles. The number of carbonyl (C=O) groups is 4. The van der Waals surface area contributed by atoms with E-state index < -0.39 is 47.0 Å². The van der Waals surface area contributed by atoms with E-state index in [0.717, 1.165) is 19.3 Å². The number of benzene rings is 1. The third-order valence-corrected chi connectivity index (χ3v) is 5.83. The summed E-state index contributed by atoms with van der Waals surface area (Å²) in [6.07, 6.45) is 2.26. The number of alkyl carbamates (subject to hydrolysis) is 1. The first-order valence-electron chi connectivity index (χ1n) is 13.7. The van der Waals surface area contributed by atoms with Gasteiger partial charge in [0.25, 0.3) is 0 Å². The first-order chi connectivity index (χ1) is 18.0. The Morgan fingerprint density at radius 3 is 2.23 bits per heavy atom. The number of nitrogens with zero attached hydrogens (tertiary/aromatic N) is 1. The Morgan fingerprint density at radius 2 is 1.69 bits per heavy atom. The van der Waals surface area contributed by atoms with Gasteiger partial charge in [0.1, 0.15) is 23.4 Å². The number of unbranched alkanes of at least 4 members (excludes halogenated alkanes) is 3. The molecule has 0 aliphatic carbocycles. The number of amides is 4. The molecule has 1 aromatic carbocycles. The molecular weight excluding hydrogens is 500 g/mol. The minimum atomic E-state index is -1.19. The minimum absolute atomic E-state index is 0.0771. The molecule has 0 fully saturated rings. The van der Waals surface area contributed by atoms with Crippen LogP contribution in [0.3, 0.4) is 0 Å². The summed E-state index contributed by atoms with van der Waals surface area (Å²) in [6.45, 7) is 14.5. The van der Waals surface area contributed by atoms with Crippen molar-refractivity contribution >= 4 is 23.8 Å². The van der Waals surface area contributed by atoms with Crippen molar-refractivity contribution in [3.8, 4) is 5.75 Å². The highest BCUT2D eigenvalue weighted by Gasteiger charge is 2.38. The van der Waals surface area contributed by atoms with Crippen LogP contribution in [0.15, 0.2) is 18.2 Å². The predicted molar refractivity (Wildman–Crippen MR) is 151 cm³/mol. The van der Waals surface area contributed by atoms with E-state index in [1.807, 2.05) is 20.8 Å². The Labute approximate surface area is 233 Å². The fourth-order valence-electron chi connectivity index (χ4n) is 4.06. The number of hydrogen-bond donors (Lipinski definition) is 4. The minimum Gasteiger partial charge on any atom is -0.507 e. The molecule has 0 bridgehead atoms. The summed E-state index contributed by atoms with van der Waals surface area (Å²) < 4.78 is 5.36. The number of aryl methyl sites for hydroxylation is 1. The zero-order valence-electron chi connectivity index (χ0n) is 24.8. The molecule has 5 N–H and O–H groups in total. The van der Waals surface area contributed by atoms with Gasteiger partial charge >= 0.3 is 6.09 Å². The molecule has 4 amide bonds. The lowest BCUT2D eigenvalue weighted by atomic mass is 9.97. The van der Waals surface area contributed by atoms with E-state index in [1.54, 1.807) is 45.9 Å². The molecule has 0 aliphatic heterocycles. The molecule has 0 radical (unpaired) electrons. The van der Waals surface area contributed by atoms with Gasteiger partial charge in [0.15, 0.2) is 0 Å². The van der Waals surface area contributed by atoms with Gasteiger partial charge in [0, 0.05) is 24.1 Å². The number of ether oxygens (including phenoxy) is 1. The second-order valence-corrected chi connectivity index (χ2v) is 12.0. The molecule has 1 aromatic rings. The summed E-state index contributed by atoms with van der Waals surface area (Å²) in [5.41, 5.74) is 4.75. The van der Waals surface area contributed by atoms with Gasteiger partial charge in [-0.05, 0) is 66.9 Å². The van der Waals surface area contributed by atoms with Crippen LogP contribution in [-0.2, 0) is 19.1 Å². The largest absolute Gasteiger partial charge is 0.507 e. The van der Waals surface area contributed by atoms with Crippen molar-refractivity contribution < 1.29 is 29.0 Å². The van der Waals surface area contributed by atoms with Crippen molar-refractivity contribution in [1.29, 1.82) is 0 Å². The molecule has 2 atom stereocenters. The molecule has 0 heterocycles. The second-order valence-electron chi connectivity index (χ2n) is 12.0. The van der Waals surface area contributed by atoms with Crippen LogP contribution in [0, 0.1) is 6.92 Å². The van der Waals surface area contributed by atoms with Crippen LogP contribution < -0.4 is 16.4 Å². The maximum atomic E-state index is 14.1. The van der Waals surface area contributed by atoms with E-state index in [-0.39, 0.29) is 30.7 Å². The summed E-state index contributed by atoms with van der Waals surface area (Å²) in [6, 6.07) is 2.67. The molecule has 10 nitrogen and oxygen atoms in total. The average Bonchev–Trinajstić information content (AvgIpc) is 2.78. The number of rotatable bonds is 13. The van der Waals surface area contributed by atoms with Crippen molar-refractivity contribution in [2.75, 3.05) is 6.54 Å². The van der Waals surface area contributed by atoms with Crippen molar-refractivity contribution in [2.45, 2.75) is 117 Å². The number of carbonyl (C=O) groups excluding carboxylic acids is 4. The first kappa shape index (κ1) is 33.7. The molecule has 0 aromatic heterocycles. The Kier molecular flexibility index (Phi) is 12.8. The summed E-state index contributed by atoms with van der Waals surface area (Å²) >= 11 is 0.